The van der Waals surface area contributed by atoms with Crippen molar-refractivity contribution in [3.63, 3.8) is 0 Å². The van der Waals surface area contributed by atoms with Gasteiger partial charge in [0, 0.05) is 6.07 Å². The molecule has 2 aromatic rings. The molecule has 0 amide bonds. The van der Waals surface area contributed by atoms with Crippen molar-refractivity contribution in [2.75, 3.05) is 7.11 Å². The maximum atomic E-state index is 11.2. The van der Waals surface area contributed by atoms with Crippen LogP contribution in [0.25, 0.3) is 0 Å². The smallest absolute Gasteiger partial charge is 0.163 e. The van der Waals surface area contributed by atoms with Gasteiger partial charge in [-0.05, 0) is 36.8 Å². The molecule has 0 aliphatic rings. The van der Waals surface area contributed by atoms with E-state index < -0.39 is 0 Å². The number of hydrogen-bond donors (Lipinski definition) is 1. The van der Waals surface area contributed by atoms with Gasteiger partial charge in [-0.15, -0.1) is 0 Å². The molecule has 1 N–H and O–H groups in total. The molecule has 0 atom stereocenters. The molecular weight excluding hydrogens is 256 g/mol. The summed E-state index contributed by atoms with van der Waals surface area (Å²) in [7, 11) is 1.61. The van der Waals surface area contributed by atoms with Crippen molar-refractivity contribution in [1.82, 2.24) is 0 Å². The van der Waals surface area contributed by atoms with Gasteiger partial charge >= 0.3 is 0 Å². The number of phenols is 1. The Kier molecular flexibility index (Phi) is 4.25. The summed E-state index contributed by atoms with van der Waals surface area (Å²) >= 11 is 0. The number of carbonyl (C=O) groups excluding carboxylic acids is 1. The fraction of sp³-hybridized carbons (Fsp3) is 0.188. The largest absolute Gasteiger partial charge is 0.507 e. The minimum absolute atomic E-state index is 0.0688. The van der Waals surface area contributed by atoms with E-state index in [1.807, 2.05) is 24.3 Å². The SMILES string of the molecule is COc1cccc(COc2ccc(C(C)=O)c(O)c2)c1. The van der Waals surface area contributed by atoms with Crippen LogP contribution in [0.1, 0.15) is 22.8 Å². The molecule has 0 radical (unpaired) electrons. The Morgan fingerprint density at radius 1 is 1.15 bits per heavy atom. The van der Waals surface area contributed by atoms with E-state index >= 15 is 0 Å². The van der Waals surface area contributed by atoms with Crippen LogP contribution in [-0.2, 0) is 6.61 Å². The first kappa shape index (κ1) is 13.9. The average molecular weight is 272 g/mol. The highest BCUT2D eigenvalue weighted by atomic mass is 16.5. The highest BCUT2D eigenvalue weighted by Gasteiger charge is 2.07. The molecule has 0 fully saturated rings. The number of carbonyl (C=O) groups is 1. The first-order chi connectivity index (χ1) is 9.60. The standard InChI is InChI=1S/C16H16O4/c1-11(17)15-7-6-14(9-16(15)18)20-10-12-4-3-5-13(8-12)19-2/h3-9,18H,10H2,1-2H3. The minimum Gasteiger partial charge on any atom is -0.507 e. The fourth-order valence-electron chi connectivity index (χ4n) is 1.83. The number of hydrogen-bond acceptors (Lipinski definition) is 4. The maximum absolute atomic E-state index is 11.2. The lowest BCUT2D eigenvalue weighted by Crippen LogP contribution is -1.97. The second kappa shape index (κ2) is 6.10. The molecule has 20 heavy (non-hydrogen) atoms. The van der Waals surface area contributed by atoms with E-state index in [4.69, 9.17) is 9.47 Å². The van der Waals surface area contributed by atoms with Gasteiger partial charge < -0.3 is 14.6 Å². The number of rotatable bonds is 5. The molecule has 0 heterocycles. The summed E-state index contributed by atoms with van der Waals surface area (Å²) in [6.07, 6.45) is 0. The van der Waals surface area contributed by atoms with Gasteiger partial charge in [0.05, 0.1) is 12.7 Å². The predicted octanol–water partition coefficient (Wildman–Crippen LogP) is 3.18. The average Bonchev–Trinajstić information content (AvgIpc) is 2.45. The number of ketones is 1. The predicted molar refractivity (Wildman–Crippen MR) is 75.4 cm³/mol. The van der Waals surface area contributed by atoms with Crippen molar-refractivity contribution >= 4 is 5.78 Å². The molecule has 4 nitrogen and oxygen atoms in total. The third-order valence-electron chi connectivity index (χ3n) is 2.89. The summed E-state index contributed by atoms with van der Waals surface area (Å²) in [5.41, 5.74) is 1.25. The van der Waals surface area contributed by atoms with E-state index in [1.54, 1.807) is 19.2 Å². The molecule has 0 aliphatic heterocycles. The van der Waals surface area contributed by atoms with Crippen LogP contribution in [0.4, 0.5) is 0 Å². The van der Waals surface area contributed by atoms with Crippen LogP contribution in [0.3, 0.4) is 0 Å². The topological polar surface area (TPSA) is 55.8 Å². The third-order valence-corrected chi connectivity index (χ3v) is 2.89. The van der Waals surface area contributed by atoms with Crippen LogP contribution in [-0.4, -0.2) is 18.0 Å². The molecule has 2 rings (SSSR count). The number of phenolic OH excluding ortho intramolecular Hbond substituents is 1. The van der Waals surface area contributed by atoms with E-state index in [0.29, 0.717) is 17.9 Å². The Morgan fingerprint density at radius 3 is 2.60 bits per heavy atom. The number of aromatic hydroxyl groups is 1. The van der Waals surface area contributed by atoms with Gasteiger partial charge in [0.1, 0.15) is 23.9 Å². The molecule has 0 spiro atoms. The molecule has 104 valence electrons. The van der Waals surface area contributed by atoms with Crippen molar-refractivity contribution in [3.8, 4) is 17.2 Å². The summed E-state index contributed by atoms with van der Waals surface area (Å²) < 4.78 is 10.7. The number of methoxy groups -OCH3 is 1. The van der Waals surface area contributed by atoms with Crippen LogP contribution >= 0.6 is 0 Å². The first-order valence-corrected chi connectivity index (χ1v) is 6.20. The molecule has 0 saturated heterocycles. The molecule has 0 unspecified atom stereocenters. The maximum Gasteiger partial charge on any atom is 0.163 e. The Hall–Kier alpha value is -2.49. The Bertz CT molecular complexity index is 620. The fourth-order valence-corrected chi connectivity index (χ4v) is 1.83. The zero-order valence-corrected chi connectivity index (χ0v) is 11.4. The summed E-state index contributed by atoms with van der Waals surface area (Å²) in [4.78, 5) is 11.2. The minimum atomic E-state index is -0.179. The summed E-state index contributed by atoms with van der Waals surface area (Å²) in [5.74, 6) is 1.03. The van der Waals surface area contributed by atoms with Gasteiger partial charge in [-0.2, -0.15) is 0 Å². The lowest BCUT2D eigenvalue weighted by Gasteiger charge is -2.09. The third kappa shape index (κ3) is 3.29. The Morgan fingerprint density at radius 2 is 1.95 bits per heavy atom. The summed E-state index contributed by atoms with van der Waals surface area (Å²) in [6, 6.07) is 12.2. The van der Waals surface area contributed by atoms with Gasteiger partial charge in [0.15, 0.2) is 5.78 Å². The van der Waals surface area contributed by atoms with Crippen LogP contribution in [0.2, 0.25) is 0 Å². The zero-order chi connectivity index (χ0) is 14.5. The van der Waals surface area contributed by atoms with Gasteiger partial charge in [-0.1, -0.05) is 12.1 Å². The van der Waals surface area contributed by atoms with E-state index in [-0.39, 0.29) is 11.5 Å². The molecule has 0 bridgehead atoms. The first-order valence-electron chi connectivity index (χ1n) is 6.20. The molecular formula is C16H16O4. The molecule has 0 aromatic heterocycles. The molecule has 0 aliphatic carbocycles. The number of ether oxygens (including phenoxy) is 2. The highest BCUT2D eigenvalue weighted by Crippen LogP contribution is 2.25. The van der Waals surface area contributed by atoms with Crippen LogP contribution in [0.15, 0.2) is 42.5 Å². The quantitative estimate of drug-likeness (QED) is 0.849. The van der Waals surface area contributed by atoms with Crippen LogP contribution in [0, 0.1) is 0 Å². The molecule has 2 aromatic carbocycles. The monoisotopic (exact) mass is 272 g/mol. The van der Waals surface area contributed by atoms with Gasteiger partial charge in [-0.25, -0.2) is 0 Å². The van der Waals surface area contributed by atoms with Gasteiger partial charge in [0.2, 0.25) is 0 Å². The van der Waals surface area contributed by atoms with Crippen LogP contribution < -0.4 is 9.47 Å². The van der Waals surface area contributed by atoms with E-state index in [9.17, 15) is 9.90 Å². The van der Waals surface area contributed by atoms with Crippen molar-refractivity contribution < 1.29 is 19.4 Å². The van der Waals surface area contributed by atoms with Crippen molar-refractivity contribution in [2.45, 2.75) is 13.5 Å². The zero-order valence-electron chi connectivity index (χ0n) is 11.4. The van der Waals surface area contributed by atoms with Gasteiger partial charge in [0.25, 0.3) is 0 Å². The Balaban J connectivity index is 2.07. The lowest BCUT2D eigenvalue weighted by atomic mass is 10.1. The lowest BCUT2D eigenvalue weighted by molar-refractivity contribution is 0.101. The summed E-state index contributed by atoms with van der Waals surface area (Å²) in [5, 5.41) is 9.72. The second-order valence-corrected chi connectivity index (χ2v) is 4.38. The van der Waals surface area contributed by atoms with E-state index in [1.165, 1.54) is 13.0 Å². The normalized spacial score (nSPS) is 10.1. The Labute approximate surface area is 117 Å². The number of Topliss-reactive ketones (excluding diaryl/α,β-unsaturated/α-hetero) is 1. The second-order valence-electron chi connectivity index (χ2n) is 4.38. The number of benzene rings is 2. The molecule has 4 heteroatoms. The summed E-state index contributed by atoms with van der Waals surface area (Å²) in [6.45, 7) is 1.77. The highest BCUT2D eigenvalue weighted by molar-refractivity contribution is 5.96. The van der Waals surface area contributed by atoms with Gasteiger partial charge in [-0.3, -0.25) is 4.79 Å². The van der Waals surface area contributed by atoms with E-state index in [2.05, 4.69) is 0 Å². The van der Waals surface area contributed by atoms with Crippen molar-refractivity contribution in [2.24, 2.45) is 0 Å². The van der Waals surface area contributed by atoms with E-state index in [0.717, 1.165) is 11.3 Å². The molecule has 0 saturated carbocycles. The van der Waals surface area contributed by atoms with Crippen molar-refractivity contribution in [3.05, 3.63) is 53.6 Å². The van der Waals surface area contributed by atoms with Crippen molar-refractivity contribution in [1.29, 1.82) is 0 Å². The van der Waals surface area contributed by atoms with Crippen LogP contribution in [0.5, 0.6) is 17.2 Å².